The van der Waals surface area contributed by atoms with Crippen molar-refractivity contribution in [2.24, 2.45) is 5.73 Å². The molecule has 7 heteroatoms. The first kappa shape index (κ1) is 22.3. The van der Waals surface area contributed by atoms with Gasteiger partial charge in [-0.3, -0.25) is 9.78 Å². The molecule has 0 bridgehead atoms. The van der Waals surface area contributed by atoms with Crippen molar-refractivity contribution in [1.29, 1.82) is 0 Å². The van der Waals surface area contributed by atoms with Gasteiger partial charge in [0.25, 0.3) is 0 Å². The zero-order valence-corrected chi connectivity index (χ0v) is 17.6. The molecule has 0 spiro atoms. The molecule has 4 N–H and O–H groups in total. The van der Waals surface area contributed by atoms with Crippen molar-refractivity contribution in [1.82, 2.24) is 15.6 Å². The molecule has 1 aromatic carbocycles. The molecule has 162 valence electrons. The molecule has 1 aliphatic rings. The number of nitrogens with two attached hydrogens (primary N) is 1. The third-order valence-corrected chi connectivity index (χ3v) is 5.63. The van der Waals surface area contributed by atoms with Gasteiger partial charge in [0.2, 0.25) is 5.91 Å². The summed E-state index contributed by atoms with van der Waals surface area (Å²) in [6, 6.07) is 4.87. The fourth-order valence-electron chi connectivity index (χ4n) is 4.07. The summed E-state index contributed by atoms with van der Waals surface area (Å²) in [4.78, 5) is 16.3. The van der Waals surface area contributed by atoms with Gasteiger partial charge in [0.05, 0.1) is 0 Å². The van der Waals surface area contributed by atoms with Gasteiger partial charge in [-0.05, 0) is 60.9 Å². The molecule has 3 atom stereocenters. The Morgan fingerprint density at radius 2 is 1.97 bits per heavy atom. The number of nitrogens with zero attached hydrogens (tertiary/aromatic N) is 1. The summed E-state index contributed by atoms with van der Waals surface area (Å²) in [5, 5.41) is 6.36. The van der Waals surface area contributed by atoms with Crippen LogP contribution in [0.2, 0.25) is 0 Å². The first-order valence-corrected chi connectivity index (χ1v) is 10.5. The lowest BCUT2D eigenvalue weighted by Crippen LogP contribution is -2.53. The number of amides is 1. The van der Waals surface area contributed by atoms with Crippen molar-refractivity contribution >= 4 is 5.91 Å². The van der Waals surface area contributed by atoms with Crippen molar-refractivity contribution in [3.05, 3.63) is 64.5 Å². The Morgan fingerprint density at radius 3 is 2.63 bits per heavy atom. The molecule has 1 unspecified atom stereocenters. The van der Waals surface area contributed by atoms with Crippen LogP contribution in [0.1, 0.15) is 55.1 Å². The molecule has 30 heavy (non-hydrogen) atoms. The number of carbonyl (C=O) groups is 1. The maximum atomic E-state index is 13.6. The minimum atomic E-state index is -0.642. The lowest BCUT2D eigenvalue weighted by Gasteiger charge is -2.30. The summed E-state index contributed by atoms with van der Waals surface area (Å²) in [5.41, 5.74) is 10.4. The van der Waals surface area contributed by atoms with Gasteiger partial charge >= 0.3 is 0 Å². The predicted octanol–water partition coefficient (Wildman–Crippen LogP) is 2.96. The van der Waals surface area contributed by atoms with Crippen molar-refractivity contribution in [2.75, 3.05) is 6.54 Å². The number of halogens is 2. The second kappa shape index (κ2) is 10.1. The fraction of sp³-hybridized carbons (Fsp3) is 0.478. The number of rotatable bonds is 8. The van der Waals surface area contributed by atoms with Crippen LogP contribution in [-0.4, -0.2) is 29.5 Å². The summed E-state index contributed by atoms with van der Waals surface area (Å²) in [5.74, 6) is -1.51. The molecule has 3 rings (SSSR count). The summed E-state index contributed by atoms with van der Waals surface area (Å²) < 4.78 is 27.1. The van der Waals surface area contributed by atoms with E-state index in [4.69, 9.17) is 5.73 Å². The molecule has 0 aliphatic heterocycles. The fourth-order valence-corrected chi connectivity index (χ4v) is 4.07. The average Bonchev–Trinajstić information content (AvgIpc) is 2.70. The Labute approximate surface area is 176 Å². The number of aryl methyl sites for hydroxylation is 2. The Morgan fingerprint density at radius 1 is 1.23 bits per heavy atom. The van der Waals surface area contributed by atoms with Crippen molar-refractivity contribution in [3.63, 3.8) is 0 Å². The first-order chi connectivity index (χ1) is 14.4. The second-order valence-electron chi connectivity index (χ2n) is 8.04. The molecule has 1 amide bonds. The topological polar surface area (TPSA) is 80.0 Å². The van der Waals surface area contributed by atoms with E-state index in [0.717, 1.165) is 37.4 Å². The van der Waals surface area contributed by atoms with Gasteiger partial charge in [-0.2, -0.15) is 0 Å². The highest BCUT2D eigenvalue weighted by Crippen LogP contribution is 2.29. The number of nitrogens with one attached hydrogen (secondary N) is 2. The lowest BCUT2D eigenvalue weighted by molar-refractivity contribution is -0.119. The molecular formula is C23H30F2N4O. The van der Waals surface area contributed by atoms with Crippen LogP contribution >= 0.6 is 0 Å². The Hall–Kier alpha value is -2.38. The van der Waals surface area contributed by atoms with E-state index in [2.05, 4.69) is 28.6 Å². The van der Waals surface area contributed by atoms with Gasteiger partial charge in [-0.15, -0.1) is 0 Å². The minimum absolute atomic E-state index is 0.156. The largest absolute Gasteiger partial charge is 0.352 e. The SMILES string of the molecule is CCc1cnc2c(c1)C(NC[C@@H](N)[C@H](Cc1cc(F)cc(F)c1)NC(C)=O)CCC2. The molecule has 0 saturated heterocycles. The van der Waals surface area contributed by atoms with Crippen LogP contribution in [0.15, 0.2) is 30.5 Å². The number of carbonyl (C=O) groups excluding carboxylic acids is 1. The minimum Gasteiger partial charge on any atom is -0.352 e. The van der Waals surface area contributed by atoms with Gasteiger partial charge in [-0.1, -0.05) is 13.0 Å². The van der Waals surface area contributed by atoms with E-state index in [1.54, 1.807) is 0 Å². The summed E-state index contributed by atoms with van der Waals surface area (Å²) >= 11 is 0. The number of fused-ring (bicyclic) bond motifs is 1. The molecule has 1 aliphatic carbocycles. The zero-order chi connectivity index (χ0) is 21.7. The Kier molecular flexibility index (Phi) is 7.50. The molecule has 1 aromatic heterocycles. The van der Waals surface area contributed by atoms with Gasteiger partial charge in [0, 0.05) is 49.6 Å². The number of hydrogen-bond acceptors (Lipinski definition) is 4. The van der Waals surface area contributed by atoms with Crippen LogP contribution < -0.4 is 16.4 Å². The van der Waals surface area contributed by atoms with E-state index in [-0.39, 0.29) is 18.4 Å². The smallest absolute Gasteiger partial charge is 0.217 e. The van der Waals surface area contributed by atoms with Gasteiger partial charge in [0.15, 0.2) is 0 Å². The van der Waals surface area contributed by atoms with Crippen LogP contribution in [-0.2, 0) is 24.1 Å². The van der Waals surface area contributed by atoms with Crippen LogP contribution in [0, 0.1) is 11.6 Å². The molecule has 0 saturated carbocycles. The predicted molar refractivity (Wildman–Crippen MR) is 113 cm³/mol. The van der Waals surface area contributed by atoms with E-state index in [0.29, 0.717) is 12.1 Å². The van der Waals surface area contributed by atoms with Crippen molar-refractivity contribution < 1.29 is 13.6 Å². The molecular weight excluding hydrogens is 386 g/mol. The molecule has 0 radical (unpaired) electrons. The first-order valence-electron chi connectivity index (χ1n) is 10.5. The standard InChI is InChI=1S/C23H30F2N4O/c1-3-15-9-19-21(27-12-15)5-4-6-22(19)28-13-20(26)23(29-14(2)30)10-16-7-17(24)11-18(25)8-16/h7-9,11-12,20,22-23,28H,3-6,10,13,26H2,1-2H3,(H,29,30)/t20-,22?,23+/m1/s1. The van der Waals surface area contributed by atoms with E-state index in [1.807, 2.05) is 6.20 Å². The van der Waals surface area contributed by atoms with E-state index in [9.17, 15) is 13.6 Å². The van der Waals surface area contributed by atoms with Crippen molar-refractivity contribution in [2.45, 2.75) is 64.1 Å². The van der Waals surface area contributed by atoms with Crippen LogP contribution in [0.3, 0.4) is 0 Å². The highest BCUT2D eigenvalue weighted by Gasteiger charge is 2.25. The quantitative estimate of drug-likeness (QED) is 0.618. The molecule has 5 nitrogen and oxygen atoms in total. The maximum Gasteiger partial charge on any atom is 0.217 e. The van der Waals surface area contributed by atoms with Crippen LogP contribution in [0.25, 0.3) is 0 Å². The zero-order valence-electron chi connectivity index (χ0n) is 17.6. The number of hydrogen-bond donors (Lipinski definition) is 3. The van der Waals surface area contributed by atoms with E-state index in [1.165, 1.54) is 30.2 Å². The highest BCUT2D eigenvalue weighted by atomic mass is 19.1. The third kappa shape index (κ3) is 5.83. The lowest BCUT2D eigenvalue weighted by atomic mass is 9.89. The summed E-state index contributed by atoms with van der Waals surface area (Å²) in [6.45, 7) is 3.98. The van der Waals surface area contributed by atoms with Crippen LogP contribution in [0.4, 0.5) is 8.78 Å². The van der Waals surface area contributed by atoms with Crippen LogP contribution in [0.5, 0.6) is 0 Å². The Balaban J connectivity index is 1.69. The average molecular weight is 417 g/mol. The van der Waals surface area contributed by atoms with Gasteiger partial charge < -0.3 is 16.4 Å². The number of pyridine rings is 1. The Bertz CT molecular complexity index is 869. The molecule has 1 heterocycles. The second-order valence-corrected chi connectivity index (χ2v) is 8.04. The summed E-state index contributed by atoms with van der Waals surface area (Å²) in [7, 11) is 0. The maximum absolute atomic E-state index is 13.6. The summed E-state index contributed by atoms with van der Waals surface area (Å²) in [6.07, 6.45) is 6.15. The molecule has 0 fully saturated rings. The van der Waals surface area contributed by atoms with E-state index < -0.39 is 23.7 Å². The monoisotopic (exact) mass is 416 g/mol. The van der Waals surface area contributed by atoms with Gasteiger partial charge in [0.1, 0.15) is 11.6 Å². The van der Waals surface area contributed by atoms with Gasteiger partial charge in [-0.25, -0.2) is 8.78 Å². The number of aromatic nitrogens is 1. The molecule has 2 aromatic rings. The highest BCUT2D eigenvalue weighted by molar-refractivity contribution is 5.73. The van der Waals surface area contributed by atoms with E-state index >= 15 is 0 Å². The normalized spacial score (nSPS) is 17.8. The number of benzene rings is 1. The third-order valence-electron chi connectivity index (χ3n) is 5.63. The van der Waals surface area contributed by atoms with Crippen molar-refractivity contribution in [3.8, 4) is 0 Å².